The van der Waals surface area contributed by atoms with Crippen LogP contribution in [0.2, 0.25) is 0 Å². The second kappa shape index (κ2) is 7.88. The van der Waals surface area contributed by atoms with Crippen molar-refractivity contribution >= 4 is 5.97 Å². The first-order chi connectivity index (χ1) is 15.2. The van der Waals surface area contributed by atoms with E-state index in [0.29, 0.717) is 0 Å². The van der Waals surface area contributed by atoms with Crippen LogP contribution < -0.4 is 0 Å². The number of carbonyl (C=O) groups is 1. The van der Waals surface area contributed by atoms with E-state index in [1.165, 1.54) is 0 Å². The van der Waals surface area contributed by atoms with Crippen LogP contribution in [0.5, 0.6) is 0 Å². The molecule has 1 aliphatic carbocycles. The highest BCUT2D eigenvalue weighted by Crippen LogP contribution is 2.50. The fourth-order valence-corrected chi connectivity index (χ4v) is 4.76. The molecular formula is C27H24N2O2. The topological polar surface area (TPSA) is 55.1 Å². The molecule has 1 heterocycles. The summed E-state index contributed by atoms with van der Waals surface area (Å²) in [5.41, 5.74) is 3.84. The molecule has 3 aromatic carbocycles. The Hall–Kier alpha value is -3.66. The number of carboxylic acids is 1. The molecule has 0 spiro atoms. The molecule has 0 saturated heterocycles. The second-order valence-corrected chi connectivity index (χ2v) is 8.21. The fourth-order valence-electron chi connectivity index (χ4n) is 4.76. The van der Waals surface area contributed by atoms with Crippen molar-refractivity contribution in [2.75, 3.05) is 0 Å². The lowest BCUT2D eigenvalue weighted by Gasteiger charge is -2.37. The quantitative estimate of drug-likeness (QED) is 0.422. The van der Waals surface area contributed by atoms with E-state index in [1.807, 2.05) is 24.5 Å². The molecule has 0 aliphatic heterocycles. The summed E-state index contributed by atoms with van der Waals surface area (Å²) in [5, 5.41) is 9.14. The molecule has 4 nitrogen and oxygen atoms in total. The summed E-state index contributed by atoms with van der Waals surface area (Å²) >= 11 is 0. The number of aromatic nitrogens is 2. The molecule has 0 unspecified atom stereocenters. The predicted molar refractivity (Wildman–Crippen MR) is 120 cm³/mol. The Balaban J connectivity index is 1.69. The normalized spacial score (nSPS) is 17.9. The standard InChI is InChI=1S/C27H24N2O2/c30-26(31)17-20-16-24(20)25-18-29(19-28-25)27(21-10-4-1-5-11-21,22-12-6-2-7-13-22)23-14-8-3-9-15-23/h1-15,18-20,24H,16-17H2,(H,30,31)/t20-,24+/m1/s1. The minimum absolute atomic E-state index is 0.181. The Morgan fingerprint density at radius 1 is 0.871 bits per heavy atom. The number of nitrogens with zero attached hydrogens (tertiary/aromatic N) is 2. The molecule has 154 valence electrons. The van der Waals surface area contributed by atoms with Gasteiger partial charge in [-0.1, -0.05) is 91.0 Å². The van der Waals surface area contributed by atoms with Crippen LogP contribution in [0.15, 0.2) is 104 Å². The van der Waals surface area contributed by atoms with Crippen LogP contribution in [0.25, 0.3) is 0 Å². The fraction of sp³-hybridized carbons (Fsp3) is 0.185. The van der Waals surface area contributed by atoms with Gasteiger partial charge in [0.05, 0.1) is 12.0 Å². The van der Waals surface area contributed by atoms with Crippen molar-refractivity contribution in [2.24, 2.45) is 5.92 Å². The van der Waals surface area contributed by atoms with Crippen LogP contribution in [0.1, 0.15) is 41.1 Å². The van der Waals surface area contributed by atoms with Crippen LogP contribution in [-0.4, -0.2) is 20.6 Å². The molecule has 1 saturated carbocycles. The van der Waals surface area contributed by atoms with Gasteiger partial charge in [-0.3, -0.25) is 4.79 Å². The Morgan fingerprint density at radius 2 is 1.35 bits per heavy atom. The third-order valence-electron chi connectivity index (χ3n) is 6.30. The van der Waals surface area contributed by atoms with E-state index in [-0.39, 0.29) is 18.3 Å². The number of hydrogen-bond acceptors (Lipinski definition) is 2. The average Bonchev–Trinajstić information content (AvgIpc) is 3.38. The SMILES string of the molecule is O=C(O)C[C@H]1C[C@@H]1c1cn(C(c2ccccc2)(c2ccccc2)c2ccccc2)cn1. The van der Waals surface area contributed by atoms with Crippen molar-refractivity contribution in [3.05, 3.63) is 126 Å². The van der Waals surface area contributed by atoms with Gasteiger partial charge in [0.2, 0.25) is 0 Å². The number of carboxylic acid groups (broad SMARTS) is 1. The van der Waals surface area contributed by atoms with Crippen LogP contribution in [-0.2, 0) is 10.3 Å². The number of imidazole rings is 1. The molecular weight excluding hydrogens is 384 g/mol. The van der Waals surface area contributed by atoms with Crippen LogP contribution in [0, 0.1) is 5.92 Å². The maximum atomic E-state index is 11.1. The Kier molecular flexibility index (Phi) is 4.91. The molecule has 4 aromatic rings. The van der Waals surface area contributed by atoms with Gasteiger partial charge in [0.15, 0.2) is 0 Å². The van der Waals surface area contributed by atoms with Crippen molar-refractivity contribution < 1.29 is 9.90 Å². The zero-order chi connectivity index (χ0) is 21.3. The Bertz CT molecular complexity index is 1070. The highest BCUT2D eigenvalue weighted by Gasteiger charge is 2.43. The summed E-state index contributed by atoms with van der Waals surface area (Å²) in [5.74, 6) is -0.336. The summed E-state index contributed by atoms with van der Waals surface area (Å²) in [7, 11) is 0. The van der Waals surface area contributed by atoms with Gasteiger partial charge < -0.3 is 9.67 Å². The first-order valence-corrected chi connectivity index (χ1v) is 10.6. The molecule has 1 aromatic heterocycles. The van der Waals surface area contributed by atoms with E-state index < -0.39 is 11.5 Å². The molecule has 5 rings (SSSR count). The van der Waals surface area contributed by atoms with Gasteiger partial charge in [-0.05, 0) is 29.0 Å². The van der Waals surface area contributed by atoms with E-state index in [0.717, 1.165) is 28.8 Å². The van der Waals surface area contributed by atoms with Crippen molar-refractivity contribution in [1.29, 1.82) is 0 Å². The maximum absolute atomic E-state index is 11.1. The predicted octanol–water partition coefficient (Wildman–Crippen LogP) is 5.30. The summed E-state index contributed by atoms with van der Waals surface area (Å²) in [4.78, 5) is 15.9. The smallest absolute Gasteiger partial charge is 0.303 e. The van der Waals surface area contributed by atoms with Gasteiger partial charge in [-0.15, -0.1) is 0 Å². The number of hydrogen-bond donors (Lipinski definition) is 1. The lowest BCUT2D eigenvalue weighted by molar-refractivity contribution is -0.137. The highest BCUT2D eigenvalue weighted by molar-refractivity contribution is 5.67. The van der Waals surface area contributed by atoms with E-state index in [9.17, 15) is 4.79 Å². The first kappa shape index (κ1) is 19.3. The third kappa shape index (κ3) is 3.44. The van der Waals surface area contributed by atoms with E-state index >= 15 is 0 Å². The summed E-state index contributed by atoms with van der Waals surface area (Å²) in [6.45, 7) is 0. The first-order valence-electron chi connectivity index (χ1n) is 10.6. The summed E-state index contributed by atoms with van der Waals surface area (Å²) in [6, 6.07) is 31.4. The van der Waals surface area contributed by atoms with Gasteiger partial charge >= 0.3 is 5.97 Å². The molecule has 0 amide bonds. The zero-order valence-corrected chi connectivity index (χ0v) is 17.1. The van der Waals surface area contributed by atoms with Crippen LogP contribution in [0.3, 0.4) is 0 Å². The third-order valence-corrected chi connectivity index (χ3v) is 6.30. The highest BCUT2D eigenvalue weighted by atomic mass is 16.4. The second-order valence-electron chi connectivity index (χ2n) is 8.21. The van der Waals surface area contributed by atoms with Crippen molar-refractivity contribution in [2.45, 2.75) is 24.3 Å². The minimum atomic E-state index is -0.737. The molecule has 1 N–H and O–H groups in total. The molecule has 0 bridgehead atoms. The van der Waals surface area contributed by atoms with Gasteiger partial charge in [0.1, 0.15) is 5.54 Å². The van der Waals surface area contributed by atoms with Gasteiger partial charge in [0.25, 0.3) is 0 Å². The monoisotopic (exact) mass is 408 g/mol. The zero-order valence-electron chi connectivity index (χ0n) is 17.1. The molecule has 31 heavy (non-hydrogen) atoms. The lowest BCUT2D eigenvalue weighted by Crippen LogP contribution is -2.36. The van der Waals surface area contributed by atoms with E-state index in [1.54, 1.807) is 0 Å². The van der Waals surface area contributed by atoms with Gasteiger partial charge in [-0.2, -0.15) is 0 Å². The van der Waals surface area contributed by atoms with Crippen molar-refractivity contribution in [3.8, 4) is 0 Å². The van der Waals surface area contributed by atoms with Crippen LogP contribution >= 0.6 is 0 Å². The number of benzene rings is 3. The average molecular weight is 409 g/mol. The van der Waals surface area contributed by atoms with E-state index in [2.05, 4.69) is 83.6 Å². The van der Waals surface area contributed by atoms with Crippen LogP contribution in [0.4, 0.5) is 0 Å². The number of aliphatic carboxylic acids is 1. The van der Waals surface area contributed by atoms with Crippen molar-refractivity contribution in [1.82, 2.24) is 9.55 Å². The molecule has 4 heteroatoms. The van der Waals surface area contributed by atoms with Gasteiger partial charge in [-0.25, -0.2) is 4.98 Å². The maximum Gasteiger partial charge on any atom is 0.303 e. The molecule has 0 radical (unpaired) electrons. The molecule has 2 atom stereocenters. The Labute approximate surface area is 181 Å². The lowest BCUT2D eigenvalue weighted by atomic mass is 9.77. The van der Waals surface area contributed by atoms with E-state index in [4.69, 9.17) is 10.1 Å². The molecule has 1 fully saturated rings. The molecule has 1 aliphatic rings. The Morgan fingerprint density at radius 3 is 1.81 bits per heavy atom. The largest absolute Gasteiger partial charge is 0.481 e. The minimum Gasteiger partial charge on any atom is -0.481 e. The van der Waals surface area contributed by atoms with Crippen molar-refractivity contribution in [3.63, 3.8) is 0 Å². The van der Waals surface area contributed by atoms with Gasteiger partial charge in [0, 0.05) is 18.5 Å². The number of rotatable bonds is 7. The summed E-state index contributed by atoms with van der Waals surface area (Å²) < 4.78 is 2.19. The summed E-state index contributed by atoms with van der Waals surface area (Å²) in [6.07, 6.45) is 5.11.